The lowest BCUT2D eigenvalue weighted by Crippen LogP contribution is -2.07. The molecule has 2 aromatic rings. The van der Waals surface area contributed by atoms with Crippen molar-refractivity contribution in [2.24, 2.45) is 0 Å². The Bertz CT molecular complexity index is 482. The highest BCUT2D eigenvalue weighted by Crippen LogP contribution is 2.10. The van der Waals surface area contributed by atoms with E-state index in [1.807, 2.05) is 12.3 Å². The minimum atomic E-state index is 0.727. The van der Waals surface area contributed by atoms with Crippen molar-refractivity contribution in [1.82, 2.24) is 9.55 Å². The quantitative estimate of drug-likeness (QED) is 0.796. The van der Waals surface area contributed by atoms with Crippen LogP contribution in [0.1, 0.15) is 11.1 Å². The summed E-state index contributed by atoms with van der Waals surface area (Å²) in [6.45, 7) is 7.34. The molecule has 0 saturated carbocycles. The maximum atomic E-state index is 4.27. The van der Waals surface area contributed by atoms with E-state index in [1.165, 1.54) is 11.1 Å². The number of hydrogen-bond donors (Lipinski definition) is 1. The van der Waals surface area contributed by atoms with Crippen LogP contribution in [0.15, 0.2) is 49.3 Å². The van der Waals surface area contributed by atoms with Gasteiger partial charge in [0.1, 0.15) is 0 Å². The highest BCUT2D eigenvalue weighted by molar-refractivity contribution is 5.29. The van der Waals surface area contributed by atoms with Crippen LogP contribution in [-0.2, 0) is 6.54 Å². The number of nitrogens with zero attached hydrogens (tertiary/aromatic N) is 2. The molecule has 0 aliphatic carbocycles. The number of rotatable bonds is 5. The van der Waals surface area contributed by atoms with Gasteiger partial charge in [0.2, 0.25) is 5.95 Å². The molecule has 0 fully saturated rings. The Hall–Kier alpha value is -2.03. The second kappa shape index (κ2) is 5.34. The third-order valence-electron chi connectivity index (χ3n) is 2.59. The Kier molecular flexibility index (Phi) is 3.60. The summed E-state index contributed by atoms with van der Waals surface area (Å²) < 4.78 is 2.09. The first-order valence-corrected chi connectivity index (χ1v) is 5.71. The van der Waals surface area contributed by atoms with Gasteiger partial charge in [0, 0.05) is 18.9 Å². The van der Waals surface area contributed by atoms with E-state index in [0.717, 1.165) is 19.0 Å². The smallest absolute Gasteiger partial charge is 0.203 e. The van der Waals surface area contributed by atoms with Gasteiger partial charge in [-0.15, -0.1) is 6.58 Å². The van der Waals surface area contributed by atoms with Gasteiger partial charge in [-0.2, -0.15) is 0 Å². The van der Waals surface area contributed by atoms with Crippen LogP contribution in [-0.4, -0.2) is 16.1 Å². The zero-order valence-electron chi connectivity index (χ0n) is 10.1. The van der Waals surface area contributed by atoms with Gasteiger partial charge < -0.3 is 9.88 Å². The first-order valence-electron chi connectivity index (χ1n) is 5.71. The molecule has 0 atom stereocenters. The third kappa shape index (κ3) is 2.97. The summed E-state index contributed by atoms with van der Waals surface area (Å²) in [6.07, 6.45) is 5.61. The summed E-state index contributed by atoms with van der Waals surface area (Å²) in [5, 5.41) is 3.21. The van der Waals surface area contributed by atoms with Crippen LogP contribution in [0, 0.1) is 6.92 Å². The molecular weight excluding hydrogens is 210 g/mol. The minimum absolute atomic E-state index is 0.727. The SMILES string of the molecule is C=CCNc1nccn1Cc1ccc(C)cc1. The van der Waals surface area contributed by atoms with E-state index >= 15 is 0 Å². The monoisotopic (exact) mass is 227 g/mol. The fourth-order valence-corrected chi connectivity index (χ4v) is 1.66. The maximum absolute atomic E-state index is 4.27. The summed E-state index contributed by atoms with van der Waals surface area (Å²) in [4.78, 5) is 4.27. The summed E-state index contributed by atoms with van der Waals surface area (Å²) in [5.41, 5.74) is 2.56. The largest absolute Gasteiger partial charge is 0.352 e. The Morgan fingerprint density at radius 2 is 2.12 bits per heavy atom. The van der Waals surface area contributed by atoms with E-state index in [1.54, 1.807) is 6.20 Å². The second-order valence-electron chi connectivity index (χ2n) is 4.03. The molecule has 0 aliphatic rings. The summed E-state index contributed by atoms with van der Waals surface area (Å²) in [6, 6.07) is 8.55. The van der Waals surface area contributed by atoms with Crippen molar-refractivity contribution in [3.63, 3.8) is 0 Å². The average molecular weight is 227 g/mol. The van der Waals surface area contributed by atoms with Crippen molar-refractivity contribution in [2.45, 2.75) is 13.5 Å². The predicted octanol–water partition coefficient (Wildman–Crippen LogP) is 2.84. The molecule has 88 valence electrons. The molecule has 3 heteroatoms. The molecule has 17 heavy (non-hydrogen) atoms. The van der Waals surface area contributed by atoms with Gasteiger partial charge in [-0.1, -0.05) is 35.9 Å². The normalized spacial score (nSPS) is 10.2. The van der Waals surface area contributed by atoms with Gasteiger partial charge in [-0.05, 0) is 12.5 Å². The van der Waals surface area contributed by atoms with Gasteiger partial charge >= 0.3 is 0 Å². The molecule has 1 heterocycles. The second-order valence-corrected chi connectivity index (χ2v) is 4.03. The number of benzene rings is 1. The van der Waals surface area contributed by atoms with Crippen LogP contribution >= 0.6 is 0 Å². The van der Waals surface area contributed by atoms with Crippen LogP contribution in [0.25, 0.3) is 0 Å². The summed E-state index contributed by atoms with van der Waals surface area (Å²) >= 11 is 0. The highest BCUT2D eigenvalue weighted by Gasteiger charge is 2.01. The molecule has 0 amide bonds. The number of hydrogen-bond acceptors (Lipinski definition) is 2. The lowest BCUT2D eigenvalue weighted by Gasteiger charge is -2.08. The molecule has 0 spiro atoms. The molecular formula is C14H17N3. The Morgan fingerprint density at radius 1 is 1.35 bits per heavy atom. The minimum Gasteiger partial charge on any atom is -0.352 e. The number of anilines is 1. The first kappa shape index (κ1) is 11.5. The van der Waals surface area contributed by atoms with E-state index in [0.29, 0.717) is 0 Å². The van der Waals surface area contributed by atoms with Gasteiger partial charge in [-0.25, -0.2) is 4.98 Å². The lowest BCUT2D eigenvalue weighted by atomic mass is 10.1. The Labute approximate surface area is 102 Å². The maximum Gasteiger partial charge on any atom is 0.203 e. The molecule has 1 aromatic heterocycles. The molecule has 2 rings (SSSR count). The number of aryl methyl sites for hydroxylation is 1. The van der Waals surface area contributed by atoms with Gasteiger partial charge in [0.15, 0.2) is 0 Å². The molecule has 0 aliphatic heterocycles. The van der Waals surface area contributed by atoms with Crippen molar-refractivity contribution in [3.8, 4) is 0 Å². The zero-order chi connectivity index (χ0) is 12.1. The average Bonchev–Trinajstić information content (AvgIpc) is 2.77. The van der Waals surface area contributed by atoms with E-state index in [2.05, 4.69) is 52.6 Å². The van der Waals surface area contributed by atoms with Crippen molar-refractivity contribution in [1.29, 1.82) is 0 Å². The number of nitrogens with one attached hydrogen (secondary N) is 1. The van der Waals surface area contributed by atoms with E-state index in [-0.39, 0.29) is 0 Å². The first-order chi connectivity index (χ1) is 8.29. The highest BCUT2D eigenvalue weighted by atomic mass is 15.2. The molecule has 0 saturated heterocycles. The van der Waals surface area contributed by atoms with Crippen molar-refractivity contribution < 1.29 is 0 Å². The van der Waals surface area contributed by atoms with Gasteiger partial charge in [0.25, 0.3) is 0 Å². The summed E-state index contributed by atoms with van der Waals surface area (Å²) in [5.74, 6) is 0.880. The summed E-state index contributed by atoms with van der Waals surface area (Å²) in [7, 11) is 0. The fraction of sp³-hybridized carbons (Fsp3) is 0.214. The Balaban J connectivity index is 2.10. The van der Waals surface area contributed by atoms with Crippen LogP contribution in [0.2, 0.25) is 0 Å². The van der Waals surface area contributed by atoms with E-state index in [9.17, 15) is 0 Å². The molecule has 0 bridgehead atoms. The third-order valence-corrected chi connectivity index (χ3v) is 2.59. The molecule has 0 unspecified atom stereocenters. The van der Waals surface area contributed by atoms with Gasteiger partial charge in [0.05, 0.1) is 6.54 Å². The standard InChI is InChI=1S/C14H17N3/c1-3-8-15-14-16-9-10-17(14)11-13-6-4-12(2)5-7-13/h3-7,9-10H,1,8,11H2,2H3,(H,15,16). The molecule has 1 aromatic carbocycles. The number of imidazole rings is 1. The van der Waals surface area contributed by atoms with Crippen molar-refractivity contribution in [2.75, 3.05) is 11.9 Å². The van der Waals surface area contributed by atoms with Crippen molar-refractivity contribution in [3.05, 3.63) is 60.4 Å². The van der Waals surface area contributed by atoms with Crippen LogP contribution < -0.4 is 5.32 Å². The fourth-order valence-electron chi connectivity index (χ4n) is 1.66. The topological polar surface area (TPSA) is 29.9 Å². The van der Waals surface area contributed by atoms with Gasteiger partial charge in [-0.3, -0.25) is 0 Å². The number of aromatic nitrogens is 2. The Morgan fingerprint density at radius 3 is 2.82 bits per heavy atom. The molecule has 0 radical (unpaired) electrons. The van der Waals surface area contributed by atoms with Crippen LogP contribution in [0.3, 0.4) is 0 Å². The van der Waals surface area contributed by atoms with Crippen LogP contribution in [0.5, 0.6) is 0 Å². The predicted molar refractivity (Wildman–Crippen MR) is 71.2 cm³/mol. The lowest BCUT2D eigenvalue weighted by molar-refractivity contribution is 0.802. The van der Waals surface area contributed by atoms with E-state index in [4.69, 9.17) is 0 Å². The molecule has 1 N–H and O–H groups in total. The zero-order valence-corrected chi connectivity index (χ0v) is 10.1. The van der Waals surface area contributed by atoms with E-state index < -0.39 is 0 Å². The van der Waals surface area contributed by atoms with Crippen LogP contribution in [0.4, 0.5) is 5.95 Å². The molecule has 3 nitrogen and oxygen atoms in total. The van der Waals surface area contributed by atoms with Crippen molar-refractivity contribution >= 4 is 5.95 Å².